The minimum absolute atomic E-state index is 0. The van der Waals surface area contributed by atoms with Crippen LogP contribution in [0.2, 0.25) is 0 Å². The summed E-state index contributed by atoms with van der Waals surface area (Å²) in [5.74, 6) is -1.42. The number of hydrogen-bond acceptors (Lipinski definition) is 4. The molecule has 0 saturated heterocycles. The van der Waals surface area contributed by atoms with Crippen molar-refractivity contribution in [2.24, 2.45) is 0 Å². The van der Waals surface area contributed by atoms with Crippen LogP contribution in [0.4, 0.5) is 13.2 Å². The van der Waals surface area contributed by atoms with Crippen LogP contribution in [0.3, 0.4) is 0 Å². The Hall–Kier alpha value is 0.0448. The van der Waals surface area contributed by atoms with Gasteiger partial charge in [-0.3, -0.25) is 0 Å². The number of thiazole rings is 1. The molecule has 4 nitrogen and oxygen atoms in total. The fourth-order valence-corrected chi connectivity index (χ4v) is 1.44. The normalized spacial score (nSPS) is 12.2. The molecular weight excluding hydrogens is 237 g/mol. The van der Waals surface area contributed by atoms with Crippen molar-refractivity contribution in [1.82, 2.24) is 4.98 Å². The van der Waals surface area contributed by atoms with E-state index in [0.29, 0.717) is 17.5 Å². The van der Waals surface area contributed by atoms with Crippen LogP contribution >= 0.6 is 11.3 Å². The summed E-state index contributed by atoms with van der Waals surface area (Å²) in [6.45, 7) is 0. The molecule has 0 saturated carbocycles. The summed E-state index contributed by atoms with van der Waals surface area (Å²) >= 11 is 0.295. The third kappa shape index (κ3) is 4.50. The van der Waals surface area contributed by atoms with E-state index >= 15 is 0 Å². The number of alkyl halides is 3. The van der Waals surface area contributed by atoms with Crippen molar-refractivity contribution in [3.63, 3.8) is 0 Å². The summed E-state index contributed by atoms with van der Waals surface area (Å²) < 4.78 is 35.8. The SMILES string of the molecule is O=C(O)c1ncc(C(O)C(F)(F)F)s1.[LiH].[LiH]. The van der Waals surface area contributed by atoms with Gasteiger partial charge in [-0.15, -0.1) is 11.3 Å². The van der Waals surface area contributed by atoms with E-state index in [2.05, 4.69) is 4.98 Å². The van der Waals surface area contributed by atoms with Crippen molar-refractivity contribution in [3.05, 3.63) is 16.1 Å². The molecule has 1 rings (SSSR count). The maximum atomic E-state index is 11.9. The van der Waals surface area contributed by atoms with Crippen LogP contribution in [-0.2, 0) is 0 Å². The van der Waals surface area contributed by atoms with Crippen molar-refractivity contribution in [3.8, 4) is 0 Å². The molecule has 0 aromatic carbocycles. The van der Waals surface area contributed by atoms with Crippen molar-refractivity contribution in [2.45, 2.75) is 12.3 Å². The number of aliphatic hydroxyl groups excluding tert-OH is 1. The van der Waals surface area contributed by atoms with Gasteiger partial charge in [0.15, 0.2) is 6.10 Å². The summed E-state index contributed by atoms with van der Waals surface area (Å²) in [5, 5.41) is 16.6. The van der Waals surface area contributed by atoms with Gasteiger partial charge in [0.05, 0.1) is 4.88 Å². The molecular formula is C6H6F3Li2NO3S. The van der Waals surface area contributed by atoms with Gasteiger partial charge in [0.2, 0.25) is 5.01 Å². The van der Waals surface area contributed by atoms with Gasteiger partial charge in [-0.05, 0) is 0 Å². The Balaban J connectivity index is 0. The van der Waals surface area contributed by atoms with Gasteiger partial charge < -0.3 is 10.2 Å². The van der Waals surface area contributed by atoms with Crippen LogP contribution < -0.4 is 0 Å². The first-order chi connectivity index (χ1) is 6.32. The maximum absolute atomic E-state index is 11.9. The molecule has 1 unspecified atom stereocenters. The second-order valence-corrected chi connectivity index (χ2v) is 3.38. The van der Waals surface area contributed by atoms with Crippen LogP contribution in [-0.4, -0.2) is 65.1 Å². The van der Waals surface area contributed by atoms with E-state index < -0.39 is 28.1 Å². The molecule has 0 bridgehead atoms. The Morgan fingerprint density at radius 1 is 1.44 bits per heavy atom. The van der Waals surface area contributed by atoms with Crippen molar-refractivity contribution >= 4 is 55.0 Å². The van der Waals surface area contributed by atoms with Gasteiger partial charge in [-0.25, -0.2) is 9.78 Å². The van der Waals surface area contributed by atoms with Gasteiger partial charge >= 0.3 is 49.9 Å². The predicted molar refractivity (Wildman–Crippen MR) is 54.4 cm³/mol. The number of nitrogens with zero attached hydrogens (tertiary/aromatic N) is 1. The number of aromatic nitrogens is 1. The van der Waals surface area contributed by atoms with Crippen LogP contribution in [0.1, 0.15) is 20.8 Å². The molecule has 1 aromatic rings. The van der Waals surface area contributed by atoms with Crippen LogP contribution in [0.15, 0.2) is 6.20 Å². The number of halogens is 3. The van der Waals surface area contributed by atoms with Gasteiger partial charge in [0.1, 0.15) is 0 Å². The first-order valence-corrected chi connectivity index (χ1v) is 4.08. The average Bonchev–Trinajstić information content (AvgIpc) is 2.48. The molecule has 1 aromatic heterocycles. The van der Waals surface area contributed by atoms with Gasteiger partial charge in [0.25, 0.3) is 0 Å². The summed E-state index contributed by atoms with van der Waals surface area (Å²) in [7, 11) is 0. The van der Waals surface area contributed by atoms with Gasteiger partial charge in [-0.2, -0.15) is 13.2 Å². The fourth-order valence-electron chi connectivity index (χ4n) is 0.673. The number of hydrogen-bond donors (Lipinski definition) is 2. The molecule has 10 heteroatoms. The second kappa shape index (κ2) is 6.70. The fraction of sp³-hybridized carbons (Fsp3) is 0.333. The number of aromatic carboxylic acids is 1. The summed E-state index contributed by atoms with van der Waals surface area (Å²) in [6.07, 6.45) is -6.78. The van der Waals surface area contributed by atoms with Crippen LogP contribution in [0.25, 0.3) is 0 Å². The van der Waals surface area contributed by atoms with Crippen molar-refractivity contribution < 1.29 is 28.2 Å². The predicted octanol–water partition coefficient (Wildman–Crippen LogP) is 0.140. The zero-order valence-electron chi connectivity index (χ0n) is 6.45. The first-order valence-electron chi connectivity index (χ1n) is 3.26. The van der Waals surface area contributed by atoms with E-state index in [4.69, 9.17) is 10.2 Å². The van der Waals surface area contributed by atoms with Crippen molar-refractivity contribution in [2.75, 3.05) is 0 Å². The summed E-state index contributed by atoms with van der Waals surface area (Å²) in [4.78, 5) is 12.9. The quantitative estimate of drug-likeness (QED) is 0.725. The third-order valence-electron chi connectivity index (χ3n) is 1.29. The number of rotatable bonds is 2. The second-order valence-electron chi connectivity index (χ2n) is 2.32. The van der Waals surface area contributed by atoms with E-state index in [1.54, 1.807) is 0 Å². The molecule has 0 amide bonds. The molecule has 16 heavy (non-hydrogen) atoms. The molecule has 0 aliphatic carbocycles. The number of carboxylic acids is 1. The average molecular weight is 243 g/mol. The molecule has 0 aliphatic rings. The Morgan fingerprint density at radius 2 is 1.94 bits per heavy atom. The van der Waals surface area contributed by atoms with Crippen LogP contribution in [0, 0.1) is 0 Å². The van der Waals surface area contributed by atoms with E-state index in [1.165, 1.54) is 0 Å². The Labute approximate surface area is 116 Å². The van der Waals surface area contributed by atoms with Gasteiger partial charge in [-0.1, -0.05) is 0 Å². The van der Waals surface area contributed by atoms with Crippen LogP contribution in [0.5, 0.6) is 0 Å². The summed E-state index contributed by atoms with van der Waals surface area (Å²) in [5.41, 5.74) is 0. The topological polar surface area (TPSA) is 70.4 Å². The number of carboxylic acid groups (broad SMARTS) is 1. The Bertz CT molecular complexity index is 357. The molecule has 0 aliphatic heterocycles. The summed E-state index contributed by atoms with van der Waals surface area (Å²) in [6, 6.07) is 0. The molecule has 1 atom stereocenters. The molecule has 0 spiro atoms. The molecule has 82 valence electrons. The Kier molecular flexibility index (Phi) is 7.71. The molecule has 2 N–H and O–H groups in total. The van der Waals surface area contributed by atoms with E-state index in [9.17, 15) is 18.0 Å². The van der Waals surface area contributed by atoms with E-state index in [1.807, 2.05) is 0 Å². The number of aliphatic hydroxyl groups is 1. The first kappa shape index (κ1) is 18.4. The van der Waals surface area contributed by atoms with E-state index in [0.717, 1.165) is 0 Å². The Morgan fingerprint density at radius 3 is 2.25 bits per heavy atom. The standard InChI is InChI=1S/C6H4F3NO3S.2Li.2H/c7-6(8,9)3(11)2-1-10-4(14-2)5(12)13;;;;/h1,3,11H,(H,12,13);;;;. The zero-order valence-corrected chi connectivity index (χ0v) is 7.26. The molecule has 1 heterocycles. The van der Waals surface area contributed by atoms with Crippen molar-refractivity contribution in [1.29, 1.82) is 0 Å². The minimum atomic E-state index is -4.80. The van der Waals surface area contributed by atoms with E-state index in [-0.39, 0.29) is 37.7 Å². The zero-order chi connectivity index (χ0) is 10.9. The molecule has 0 radical (unpaired) electrons. The molecule has 0 fully saturated rings. The third-order valence-corrected chi connectivity index (χ3v) is 2.32. The monoisotopic (exact) mass is 243 g/mol. The van der Waals surface area contributed by atoms with Gasteiger partial charge in [0, 0.05) is 6.20 Å². The number of carbonyl (C=O) groups is 1.